The van der Waals surface area contributed by atoms with E-state index < -0.39 is 9.84 Å². The van der Waals surface area contributed by atoms with Crippen molar-refractivity contribution in [3.8, 4) is 0 Å². The van der Waals surface area contributed by atoms with E-state index in [1.807, 2.05) is 30.3 Å². The molecule has 34 heavy (non-hydrogen) atoms. The number of carbonyl (C=O) groups is 1. The average molecular weight is 538 g/mol. The van der Waals surface area contributed by atoms with Crippen molar-refractivity contribution in [2.24, 2.45) is 0 Å². The van der Waals surface area contributed by atoms with Gasteiger partial charge in [0.25, 0.3) is 0 Å². The fourth-order valence-corrected chi connectivity index (χ4v) is 6.00. The molecule has 1 fully saturated rings. The zero-order chi connectivity index (χ0) is 24.3. The number of piperazine rings is 1. The van der Waals surface area contributed by atoms with E-state index in [9.17, 15) is 13.2 Å². The molecule has 1 unspecified atom stereocenters. The van der Waals surface area contributed by atoms with E-state index in [0.717, 1.165) is 11.3 Å². The van der Waals surface area contributed by atoms with Crippen LogP contribution in [-0.2, 0) is 14.6 Å². The first-order valence-electron chi connectivity index (χ1n) is 10.8. The van der Waals surface area contributed by atoms with E-state index in [4.69, 9.17) is 34.8 Å². The first kappa shape index (κ1) is 24.9. The van der Waals surface area contributed by atoms with Crippen LogP contribution in [0, 0.1) is 0 Å². The van der Waals surface area contributed by atoms with Gasteiger partial charge in [0.15, 0.2) is 9.84 Å². The van der Waals surface area contributed by atoms with Gasteiger partial charge in [0.2, 0.25) is 5.91 Å². The second-order valence-electron chi connectivity index (χ2n) is 8.08. The van der Waals surface area contributed by atoms with Gasteiger partial charge in [-0.2, -0.15) is 0 Å². The van der Waals surface area contributed by atoms with Gasteiger partial charge >= 0.3 is 0 Å². The molecule has 0 spiro atoms. The van der Waals surface area contributed by atoms with E-state index in [1.165, 1.54) is 0 Å². The molecule has 1 saturated heterocycles. The average Bonchev–Trinajstić information content (AvgIpc) is 2.83. The van der Waals surface area contributed by atoms with E-state index in [1.54, 1.807) is 47.4 Å². The molecule has 0 saturated carbocycles. The molecule has 1 heterocycles. The van der Waals surface area contributed by atoms with E-state index >= 15 is 0 Å². The smallest absolute Gasteiger partial charge is 0.223 e. The number of anilines is 1. The first-order valence-corrected chi connectivity index (χ1v) is 13.6. The van der Waals surface area contributed by atoms with Crippen LogP contribution in [0.15, 0.2) is 77.7 Å². The quantitative estimate of drug-likeness (QED) is 0.393. The summed E-state index contributed by atoms with van der Waals surface area (Å²) in [5, 5.41) is 1.69. The zero-order valence-corrected chi connectivity index (χ0v) is 21.3. The lowest BCUT2D eigenvalue weighted by molar-refractivity contribution is -0.131. The molecule has 4 rings (SSSR count). The lowest BCUT2D eigenvalue weighted by Gasteiger charge is -2.43. The van der Waals surface area contributed by atoms with Crippen LogP contribution >= 0.6 is 34.8 Å². The van der Waals surface area contributed by atoms with Gasteiger partial charge in [0, 0.05) is 36.1 Å². The highest BCUT2D eigenvalue weighted by molar-refractivity contribution is 7.91. The van der Waals surface area contributed by atoms with Crippen molar-refractivity contribution in [2.45, 2.75) is 17.4 Å². The largest absolute Gasteiger partial charge is 0.360 e. The molecule has 0 bridgehead atoms. The molecule has 0 radical (unpaired) electrons. The van der Waals surface area contributed by atoms with Crippen LogP contribution < -0.4 is 4.90 Å². The zero-order valence-electron chi connectivity index (χ0n) is 18.2. The fraction of sp³-hybridized carbons (Fsp3) is 0.240. The molecule has 5 nitrogen and oxygen atoms in total. The van der Waals surface area contributed by atoms with Crippen molar-refractivity contribution < 1.29 is 13.2 Å². The Morgan fingerprint density at radius 1 is 0.882 bits per heavy atom. The lowest BCUT2D eigenvalue weighted by Crippen LogP contribution is -2.51. The van der Waals surface area contributed by atoms with Crippen LogP contribution in [0.2, 0.25) is 15.1 Å². The fourth-order valence-electron chi connectivity index (χ4n) is 4.11. The summed E-state index contributed by atoms with van der Waals surface area (Å²) in [5.74, 6) is -0.426. The van der Waals surface area contributed by atoms with Crippen LogP contribution in [0.1, 0.15) is 18.0 Å². The predicted octanol–water partition coefficient (Wildman–Crippen LogP) is 5.90. The summed E-state index contributed by atoms with van der Waals surface area (Å²) in [6, 6.07) is 20.9. The van der Waals surface area contributed by atoms with Crippen LogP contribution in [0.25, 0.3) is 0 Å². The number of nitrogens with zero attached hydrogens (tertiary/aromatic N) is 2. The minimum absolute atomic E-state index is 0.0771. The Hall–Kier alpha value is -2.25. The van der Waals surface area contributed by atoms with Crippen molar-refractivity contribution in [1.82, 2.24) is 4.90 Å². The summed E-state index contributed by atoms with van der Waals surface area (Å²) >= 11 is 18.7. The van der Waals surface area contributed by atoms with Gasteiger partial charge in [-0.3, -0.25) is 4.79 Å². The molecule has 0 aromatic heterocycles. The monoisotopic (exact) mass is 536 g/mol. The Balaban J connectivity index is 1.53. The van der Waals surface area contributed by atoms with Gasteiger partial charge in [-0.15, -0.1) is 0 Å². The molecular formula is C25H23Cl3N2O3S. The number of carbonyl (C=O) groups excluding carboxylic acids is 1. The molecule has 1 aliphatic rings. The highest BCUT2D eigenvalue weighted by Crippen LogP contribution is 2.37. The van der Waals surface area contributed by atoms with Crippen LogP contribution in [0.4, 0.5) is 5.69 Å². The van der Waals surface area contributed by atoms with Gasteiger partial charge in [0.05, 0.1) is 27.4 Å². The normalized spacial score (nSPS) is 16.5. The maximum absolute atomic E-state index is 13.0. The van der Waals surface area contributed by atoms with Crippen LogP contribution in [0.3, 0.4) is 0 Å². The van der Waals surface area contributed by atoms with E-state index in [-0.39, 0.29) is 29.0 Å². The minimum Gasteiger partial charge on any atom is -0.360 e. The number of hydrogen-bond donors (Lipinski definition) is 0. The first-order chi connectivity index (χ1) is 16.2. The minimum atomic E-state index is -3.53. The second kappa shape index (κ2) is 10.6. The van der Waals surface area contributed by atoms with Gasteiger partial charge in [0.1, 0.15) is 0 Å². The molecule has 3 aromatic carbocycles. The topological polar surface area (TPSA) is 57.7 Å². The maximum Gasteiger partial charge on any atom is 0.223 e. The van der Waals surface area contributed by atoms with Gasteiger partial charge in [-0.05, 0) is 48.0 Å². The predicted molar refractivity (Wildman–Crippen MR) is 138 cm³/mol. The third-order valence-corrected chi connectivity index (χ3v) is 8.42. The summed E-state index contributed by atoms with van der Waals surface area (Å²) in [4.78, 5) is 17.1. The number of rotatable bonds is 6. The number of amides is 1. The Morgan fingerprint density at radius 2 is 1.56 bits per heavy atom. The molecule has 1 amide bonds. The van der Waals surface area contributed by atoms with Gasteiger partial charge in [-0.25, -0.2) is 8.42 Å². The molecule has 9 heteroatoms. The Kier molecular flexibility index (Phi) is 7.73. The number of benzene rings is 3. The third kappa shape index (κ3) is 5.69. The SMILES string of the molecule is O=C(CCS(=O)(=O)c1ccccc1)N1CCN(c2ccc(Cl)cc2Cl)C(c2ccc(Cl)cc2)C1. The van der Waals surface area contributed by atoms with Crippen molar-refractivity contribution >= 4 is 56.2 Å². The Bertz CT molecular complexity index is 1270. The standard InChI is InChI=1S/C25H23Cl3N2O3S/c26-19-8-6-18(7-9-19)24-17-29(13-14-30(24)23-11-10-20(27)16-22(23)28)25(31)12-15-34(32,33)21-4-2-1-3-5-21/h1-11,16,24H,12-15,17H2. The summed E-state index contributed by atoms with van der Waals surface area (Å²) in [7, 11) is -3.53. The van der Waals surface area contributed by atoms with Gasteiger partial charge in [-0.1, -0.05) is 65.1 Å². The summed E-state index contributed by atoms with van der Waals surface area (Å²) in [6.45, 7) is 1.38. The van der Waals surface area contributed by atoms with Crippen LogP contribution in [0.5, 0.6) is 0 Å². The summed E-state index contributed by atoms with van der Waals surface area (Å²) in [6.07, 6.45) is -0.0771. The summed E-state index contributed by atoms with van der Waals surface area (Å²) in [5.41, 5.74) is 1.80. The molecule has 0 aliphatic carbocycles. The van der Waals surface area contributed by atoms with E-state index in [0.29, 0.717) is 34.7 Å². The van der Waals surface area contributed by atoms with Gasteiger partial charge < -0.3 is 9.80 Å². The van der Waals surface area contributed by atoms with Crippen molar-refractivity contribution in [1.29, 1.82) is 0 Å². The molecule has 1 aliphatic heterocycles. The highest BCUT2D eigenvalue weighted by Gasteiger charge is 2.32. The number of sulfone groups is 1. The number of hydrogen-bond acceptors (Lipinski definition) is 4. The lowest BCUT2D eigenvalue weighted by atomic mass is 10.0. The van der Waals surface area contributed by atoms with Crippen molar-refractivity contribution in [2.75, 3.05) is 30.3 Å². The van der Waals surface area contributed by atoms with Crippen molar-refractivity contribution in [3.63, 3.8) is 0 Å². The Morgan fingerprint density at radius 3 is 2.24 bits per heavy atom. The second-order valence-corrected chi connectivity index (χ2v) is 11.5. The summed E-state index contributed by atoms with van der Waals surface area (Å²) < 4.78 is 25.2. The molecular weight excluding hydrogens is 515 g/mol. The van der Waals surface area contributed by atoms with Crippen molar-refractivity contribution in [3.05, 3.63) is 93.4 Å². The molecule has 0 N–H and O–H groups in total. The van der Waals surface area contributed by atoms with E-state index in [2.05, 4.69) is 4.90 Å². The molecule has 3 aromatic rings. The highest BCUT2D eigenvalue weighted by atomic mass is 35.5. The Labute approximate surface area is 214 Å². The maximum atomic E-state index is 13.0. The molecule has 1 atom stereocenters. The van der Waals surface area contributed by atoms with Crippen LogP contribution in [-0.4, -0.2) is 44.6 Å². The number of halogens is 3. The molecule has 178 valence electrons. The third-order valence-electron chi connectivity index (χ3n) is 5.89.